The van der Waals surface area contributed by atoms with Crippen LogP contribution in [0.15, 0.2) is 11.6 Å². The van der Waals surface area contributed by atoms with Gasteiger partial charge >= 0.3 is 11.9 Å². The van der Waals surface area contributed by atoms with Crippen LogP contribution >= 0.6 is 0 Å². The molecular formula is C44H68O16. The standard InChI is InChI=1S/C44H68O16/c1-20(46)57-22-17-41(6)25(40(4,5)34(22)53)11-12-43(8)26(41)10-9-21-27-35(54)39(2,3)13-15-44(27,16-14-42(21,43)7)38(55)60-37-33(52)31(50)29(48)24(59-37)19-56-36-32(51)30(49)28(47)23(18-45)58-36/h9,22-34,36-37,45,47-53H,10-19H2,1-8H3/t22-,23-,24-,25?,26-,27?,28-,29-,30+,31+,32-,33-,34-,36-,37+,41+,42-,43-,44?/m1/s1. The topological polar surface area (TPSA) is 259 Å². The minimum Gasteiger partial charge on any atom is -0.460 e. The predicted octanol–water partition coefficient (Wildman–Crippen LogP) is 1.04. The molecule has 16 heteroatoms. The lowest BCUT2D eigenvalue weighted by Crippen LogP contribution is -2.68. The van der Waals surface area contributed by atoms with Gasteiger partial charge < -0.3 is 64.5 Å². The number of hydrogen-bond donors (Lipinski definition) is 8. The molecule has 0 aromatic rings. The third kappa shape index (κ3) is 6.76. The van der Waals surface area contributed by atoms with E-state index >= 15 is 0 Å². The molecule has 2 saturated heterocycles. The molecule has 340 valence electrons. The highest BCUT2D eigenvalue weighted by Gasteiger charge is 2.72. The van der Waals surface area contributed by atoms with Crippen molar-refractivity contribution >= 4 is 17.7 Å². The Kier molecular flexibility index (Phi) is 11.9. The van der Waals surface area contributed by atoms with Gasteiger partial charge in [0.2, 0.25) is 6.29 Å². The number of carbonyl (C=O) groups excluding carboxylic acids is 3. The number of aliphatic hydroxyl groups excluding tert-OH is 8. The minimum atomic E-state index is -1.88. The first-order valence-electron chi connectivity index (χ1n) is 21.8. The normalized spacial score (nSPS) is 50.8. The SMILES string of the molecule is CC(=O)O[C@@H]1C[C@@]2(C)C(CC[C@]3(C)[C@@H]2CC=C2C4C(=O)C(C)(C)CCC4(C(=O)O[C@@H]4O[C@H](CO[C@@H]5O[C@H](CO)[C@@H](O)[C@H](O)[C@H]5O)[C@@H](O)[C@H](O)[C@H]4O)CC[C@]23C)C(C)(C)[C@@H]1O. The second-order valence-electron chi connectivity index (χ2n) is 21.2. The van der Waals surface area contributed by atoms with E-state index < -0.39 is 126 Å². The number of rotatable bonds is 7. The second-order valence-corrected chi connectivity index (χ2v) is 21.2. The largest absolute Gasteiger partial charge is 0.460 e. The van der Waals surface area contributed by atoms with E-state index in [1.165, 1.54) is 6.92 Å². The first-order valence-corrected chi connectivity index (χ1v) is 21.8. The van der Waals surface area contributed by atoms with Crippen molar-refractivity contribution in [1.29, 1.82) is 0 Å². The van der Waals surface area contributed by atoms with E-state index in [2.05, 4.69) is 40.7 Å². The van der Waals surface area contributed by atoms with Gasteiger partial charge in [-0.1, -0.05) is 60.1 Å². The van der Waals surface area contributed by atoms with E-state index in [1.807, 2.05) is 13.8 Å². The number of esters is 2. The van der Waals surface area contributed by atoms with Gasteiger partial charge in [0.1, 0.15) is 60.7 Å². The summed E-state index contributed by atoms with van der Waals surface area (Å²) in [5, 5.41) is 84.7. The van der Waals surface area contributed by atoms with Crippen LogP contribution in [0.3, 0.4) is 0 Å². The van der Waals surface area contributed by atoms with E-state index in [4.69, 9.17) is 23.7 Å². The average Bonchev–Trinajstić information content (AvgIpc) is 3.17. The Morgan fingerprint density at radius 3 is 1.98 bits per heavy atom. The van der Waals surface area contributed by atoms with Crippen molar-refractivity contribution < 1.29 is 78.9 Å². The zero-order chi connectivity index (χ0) is 44.3. The average molecular weight is 853 g/mol. The van der Waals surface area contributed by atoms with Crippen LogP contribution in [0.2, 0.25) is 0 Å². The summed E-state index contributed by atoms with van der Waals surface area (Å²) in [5.41, 5.74) is -2.90. The third-order valence-corrected chi connectivity index (χ3v) is 17.4. The number of fused-ring (bicyclic) bond motifs is 7. The summed E-state index contributed by atoms with van der Waals surface area (Å²) in [4.78, 5) is 42.0. The lowest BCUT2D eigenvalue weighted by Gasteiger charge is -2.71. The first kappa shape index (κ1) is 45.9. The van der Waals surface area contributed by atoms with Gasteiger partial charge in [0.05, 0.1) is 30.7 Å². The molecule has 19 atom stereocenters. The number of ether oxygens (including phenoxy) is 5. The van der Waals surface area contributed by atoms with Crippen molar-refractivity contribution in [3.05, 3.63) is 11.6 Å². The summed E-state index contributed by atoms with van der Waals surface area (Å²) in [5.74, 6) is -1.89. The highest BCUT2D eigenvalue weighted by Crippen LogP contribution is 2.75. The van der Waals surface area contributed by atoms with Gasteiger partial charge in [-0.3, -0.25) is 14.4 Å². The first-order chi connectivity index (χ1) is 27.8. The van der Waals surface area contributed by atoms with Crippen LogP contribution in [0.1, 0.15) is 107 Å². The Labute approximate surface area is 351 Å². The second kappa shape index (κ2) is 15.6. The smallest absolute Gasteiger partial charge is 0.315 e. The molecule has 8 N–H and O–H groups in total. The summed E-state index contributed by atoms with van der Waals surface area (Å²) < 4.78 is 28.6. The molecular weight excluding hydrogens is 784 g/mol. The number of carbonyl (C=O) groups is 3. The molecule has 60 heavy (non-hydrogen) atoms. The molecule has 4 saturated carbocycles. The van der Waals surface area contributed by atoms with E-state index in [0.717, 1.165) is 18.4 Å². The van der Waals surface area contributed by atoms with E-state index in [1.54, 1.807) is 0 Å². The lowest BCUT2D eigenvalue weighted by atomic mass is 9.33. The Morgan fingerprint density at radius 1 is 0.750 bits per heavy atom. The number of aliphatic hydroxyl groups is 8. The number of allylic oxidation sites excluding steroid dienone is 2. The highest BCUT2D eigenvalue weighted by molar-refractivity contribution is 5.96. The Hall–Kier alpha value is -2.09. The van der Waals surface area contributed by atoms with Crippen LogP contribution in [-0.4, -0.2) is 145 Å². The molecule has 0 aromatic heterocycles. The van der Waals surface area contributed by atoms with E-state index in [0.29, 0.717) is 38.5 Å². The van der Waals surface area contributed by atoms with Crippen LogP contribution in [0, 0.1) is 50.2 Å². The number of hydrogen-bond acceptors (Lipinski definition) is 16. The fourth-order valence-corrected chi connectivity index (χ4v) is 13.5. The molecule has 6 fully saturated rings. The van der Waals surface area contributed by atoms with Gasteiger partial charge in [0.25, 0.3) is 0 Å². The molecule has 0 amide bonds. The zero-order valence-corrected chi connectivity index (χ0v) is 36.2. The van der Waals surface area contributed by atoms with Gasteiger partial charge in [0.15, 0.2) is 6.29 Å². The molecule has 2 heterocycles. The van der Waals surface area contributed by atoms with E-state index in [-0.39, 0.29) is 28.4 Å². The number of Topliss-reactive ketones (excluding diaryl/α,β-unsaturated/α-hetero) is 1. The third-order valence-electron chi connectivity index (χ3n) is 17.4. The summed E-state index contributed by atoms with van der Waals surface area (Å²) in [6.07, 6.45) is -11.7. The quantitative estimate of drug-likeness (QED) is 0.131. The van der Waals surface area contributed by atoms with Crippen molar-refractivity contribution in [3.63, 3.8) is 0 Å². The van der Waals surface area contributed by atoms with Gasteiger partial charge in [-0.05, 0) is 84.9 Å². The summed E-state index contributed by atoms with van der Waals surface area (Å²) >= 11 is 0. The van der Waals surface area contributed by atoms with Crippen molar-refractivity contribution in [2.45, 2.75) is 180 Å². The van der Waals surface area contributed by atoms with Gasteiger partial charge in [-0.2, -0.15) is 0 Å². The van der Waals surface area contributed by atoms with Gasteiger partial charge in [0, 0.05) is 12.3 Å². The Balaban J connectivity index is 1.17. The predicted molar refractivity (Wildman–Crippen MR) is 209 cm³/mol. The fraction of sp³-hybridized carbons (Fsp3) is 0.886. The molecule has 2 aliphatic heterocycles. The van der Waals surface area contributed by atoms with Crippen LogP contribution in [0.25, 0.3) is 0 Å². The van der Waals surface area contributed by atoms with Crippen molar-refractivity contribution in [1.82, 2.24) is 0 Å². The molecule has 16 nitrogen and oxygen atoms in total. The molecule has 0 spiro atoms. The molecule has 3 unspecified atom stereocenters. The highest BCUT2D eigenvalue weighted by atomic mass is 16.7. The van der Waals surface area contributed by atoms with Crippen molar-refractivity contribution in [2.24, 2.45) is 50.2 Å². The monoisotopic (exact) mass is 852 g/mol. The number of ketones is 1. The lowest BCUT2D eigenvalue weighted by molar-refractivity contribution is -0.328. The summed E-state index contributed by atoms with van der Waals surface area (Å²) in [6, 6.07) is 0. The Bertz CT molecular complexity index is 1710. The summed E-state index contributed by atoms with van der Waals surface area (Å²) in [7, 11) is 0. The zero-order valence-electron chi connectivity index (χ0n) is 36.2. The maximum atomic E-state index is 14.9. The maximum Gasteiger partial charge on any atom is 0.315 e. The fourth-order valence-electron chi connectivity index (χ4n) is 13.5. The van der Waals surface area contributed by atoms with Crippen molar-refractivity contribution in [2.75, 3.05) is 13.2 Å². The molecule has 7 rings (SSSR count). The maximum absolute atomic E-state index is 14.9. The van der Waals surface area contributed by atoms with Crippen molar-refractivity contribution in [3.8, 4) is 0 Å². The minimum absolute atomic E-state index is 0.0759. The van der Waals surface area contributed by atoms with E-state index in [9.17, 15) is 55.2 Å². The molecule has 5 aliphatic carbocycles. The van der Waals surface area contributed by atoms with Gasteiger partial charge in [-0.25, -0.2) is 0 Å². The van der Waals surface area contributed by atoms with Crippen LogP contribution in [-0.2, 0) is 38.1 Å². The molecule has 0 aromatic carbocycles. The molecule has 0 radical (unpaired) electrons. The summed E-state index contributed by atoms with van der Waals surface area (Å²) in [6.45, 7) is 14.8. The van der Waals surface area contributed by atoms with Crippen LogP contribution in [0.4, 0.5) is 0 Å². The molecule has 0 bridgehead atoms. The Morgan fingerprint density at radius 2 is 1.35 bits per heavy atom. The van der Waals surface area contributed by atoms with Gasteiger partial charge in [-0.15, -0.1) is 0 Å². The van der Waals surface area contributed by atoms with Crippen LogP contribution < -0.4 is 0 Å². The van der Waals surface area contributed by atoms with Crippen LogP contribution in [0.5, 0.6) is 0 Å². The molecule has 7 aliphatic rings.